The molecule has 37 heavy (non-hydrogen) atoms. The van der Waals surface area contributed by atoms with Crippen molar-refractivity contribution in [1.82, 2.24) is 0 Å². The van der Waals surface area contributed by atoms with Crippen LogP contribution >= 0.6 is 8.58 Å². The summed E-state index contributed by atoms with van der Waals surface area (Å²) in [6, 6.07) is 8.15. The fourth-order valence-electron chi connectivity index (χ4n) is 3.71. The van der Waals surface area contributed by atoms with Gasteiger partial charge in [-0.25, -0.2) is 0 Å². The van der Waals surface area contributed by atoms with Gasteiger partial charge in [0, 0.05) is 36.6 Å². The number of hydrogen-bond acceptors (Lipinski definition) is 4. The van der Waals surface area contributed by atoms with Crippen molar-refractivity contribution in [3.8, 4) is 17.2 Å². The van der Waals surface area contributed by atoms with E-state index in [4.69, 9.17) is 14.2 Å². The van der Waals surface area contributed by atoms with E-state index in [0.29, 0.717) is 54.8 Å². The van der Waals surface area contributed by atoms with Crippen LogP contribution in [0.1, 0.15) is 89.4 Å². The first kappa shape index (κ1) is 33.6. The molecule has 0 aliphatic carbocycles. The van der Waals surface area contributed by atoms with Crippen LogP contribution in [0.5, 0.6) is 17.2 Å². The van der Waals surface area contributed by atoms with E-state index in [9.17, 15) is 4.79 Å². The molecule has 0 N–H and O–H groups in total. The maximum Gasteiger partial charge on any atom is 0.186 e. The van der Waals surface area contributed by atoms with Crippen LogP contribution in [0.4, 0.5) is 0 Å². The molecule has 0 aliphatic rings. The van der Waals surface area contributed by atoms with Gasteiger partial charge in [-0.05, 0) is 62.3 Å². The zero-order valence-electron chi connectivity index (χ0n) is 25.3. The minimum absolute atomic E-state index is 0. The Bertz CT molecular complexity index is 982. The maximum atomic E-state index is 13.8. The Morgan fingerprint density at radius 2 is 1.16 bits per heavy atom. The first-order valence-electron chi connectivity index (χ1n) is 13.2. The second-order valence-corrected chi connectivity index (χ2v) is 13.3. The summed E-state index contributed by atoms with van der Waals surface area (Å²) >= 11 is 0. The molecular formula is C31H47LiO4P. The van der Waals surface area contributed by atoms with E-state index in [2.05, 4.69) is 74.4 Å². The zero-order chi connectivity index (χ0) is 27.2. The summed E-state index contributed by atoms with van der Waals surface area (Å²) in [7, 11) is -0.114. The van der Waals surface area contributed by atoms with Crippen LogP contribution in [-0.4, -0.2) is 44.2 Å². The van der Waals surface area contributed by atoms with Crippen LogP contribution in [0, 0.1) is 31.6 Å². The van der Waals surface area contributed by atoms with E-state index in [-0.39, 0.29) is 38.4 Å². The Morgan fingerprint density at radius 3 is 1.54 bits per heavy atom. The molecule has 2 aromatic carbocycles. The molecule has 0 amide bonds. The van der Waals surface area contributed by atoms with E-state index in [0.717, 1.165) is 22.0 Å². The zero-order valence-corrected chi connectivity index (χ0v) is 26.3. The van der Waals surface area contributed by atoms with Crippen molar-refractivity contribution in [3.63, 3.8) is 0 Å². The van der Waals surface area contributed by atoms with Crippen molar-refractivity contribution in [2.45, 2.75) is 81.6 Å². The first-order chi connectivity index (χ1) is 16.7. The molecule has 6 heteroatoms. The molecule has 0 bridgehead atoms. The van der Waals surface area contributed by atoms with Crippen molar-refractivity contribution in [2.24, 2.45) is 17.8 Å². The summed E-state index contributed by atoms with van der Waals surface area (Å²) in [4.78, 5) is 13.8. The van der Waals surface area contributed by atoms with Crippen molar-refractivity contribution >= 4 is 38.3 Å². The fourth-order valence-corrected chi connectivity index (χ4v) is 4.99. The van der Waals surface area contributed by atoms with Gasteiger partial charge in [-0.1, -0.05) is 74.4 Å². The van der Waals surface area contributed by atoms with Gasteiger partial charge in [-0.2, -0.15) is 0 Å². The average Bonchev–Trinajstić information content (AvgIpc) is 2.74. The standard InChI is InChI=1S/C31H47O4P.Li/c1-19(2)16-33-25-14-26(34-17-20(3)4)29(27(15-25)35-18-21(5)6)36-30(32)28-22(7)12-24(13-23(28)8)31(9,10)11;/h12-15,19-21,36H,16-18H2,1-11H3;. The number of carbonyl (C=O) groups is 1. The summed E-state index contributed by atoms with van der Waals surface area (Å²) in [5, 5.41) is 0.817. The Labute approximate surface area is 239 Å². The fraction of sp³-hybridized carbons (Fsp3) is 0.581. The molecule has 0 aliphatic heterocycles. The van der Waals surface area contributed by atoms with Crippen LogP contribution in [0.15, 0.2) is 24.3 Å². The molecular weight excluding hydrogens is 474 g/mol. The third-order valence-corrected chi connectivity index (χ3v) is 6.85. The molecule has 0 fully saturated rings. The molecule has 0 spiro atoms. The largest absolute Gasteiger partial charge is 0.493 e. The minimum Gasteiger partial charge on any atom is -0.493 e. The van der Waals surface area contributed by atoms with Crippen LogP contribution in [0.25, 0.3) is 0 Å². The van der Waals surface area contributed by atoms with Crippen LogP contribution in [0.3, 0.4) is 0 Å². The van der Waals surface area contributed by atoms with Crippen LogP contribution in [0.2, 0.25) is 0 Å². The monoisotopic (exact) mass is 521 g/mol. The molecule has 1 atom stereocenters. The van der Waals surface area contributed by atoms with Gasteiger partial charge in [0.2, 0.25) is 0 Å². The predicted octanol–water partition coefficient (Wildman–Crippen LogP) is 7.47. The van der Waals surface area contributed by atoms with Gasteiger partial charge in [0.05, 0.1) is 25.1 Å². The Kier molecular flexibility index (Phi) is 13.3. The van der Waals surface area contributed by atoms with Crippen molar-refractivity contribution in [1.29, 1.82) is 0 Å². The number of hydrogen-bond donors (Lipinski definition) is 0. The van der Waals surface area contributed by atoms with Gasteiger partial charge in [0.15, 0.2) is 5.52 Å². The van der Waals surface area contributed by atoms with Gasteiger partial charge in [0.25, 0.3) is 0 Å². The van der Waals surface area contributed by atoms with Crippen LogP contribution < -0.4 is 19.5 Å². The molecule has 2 aromatic rings. The van der Waals surface area contributed by atoms with E-state index in [1.807, 2.05) is 26.0 Å². The van der Waals surface area contributed by atoms with E-state index < -0.39 is 0 Å². The molecule has 201 valence electrons. The summed E-state index contributed by atoms with van der Waals surface area (Å²) in [6.45, 7) is 25.1. The average molecular weight is 522 g/mol. The smallest absolute Gasteiger partial charge is 0.186 e. The van der Waals surface area contributed by atoms with Crippen molar-refractivity contribution < 1.29 is 19.0 Å². The molecule has 0 heterocycles. The third-order valence-electron chi connectivity index (χ3n) is 5.63. The van der Waals surface area contributed by atoms with Gasteiger partial charge < -0.3 is 14.2 Å². The number of rotatable bonds is 12. The van der Waals surface area contributed by atoms with Gasteiger partial charge >= 0.3 is 0 Å². The molecule has 1 unspecified atom stereocenters. The first-order valence-corrected chi connectivity index (χ1v) is 14.2. The predicted molar refractivity (Wildman–Crippen MR) is 160 cm³/mol. The van der Waals surface area contributed by atoms with E-state index in [1.165, 1.54) is 5.56 Å². The third kappa shape index (κ3) is 10.3. The van der Waals surface area contributed by atoms with E-state index in [1.54, 1.807) is 0 Å². The van der Waals surface area contributed by atoms with Gasteiger partial charge in [-0.15, -0.1) is 0 Å². The van der Waals surface area contributed by atoms with Crippen molar-refractivity contribution in [2.75, 3.05) is 19.8 Å². The van der Waals surface area contributed by atoms with Crippen LogP contribution in [-0.2, 0) is 5.41 Å². The van der Waals surface area contributed by atoms with Gasteiger partial charge in [0.1, 0.15) is 17.2 Å². The summed E-state index contributed by atoms with van der Waals surface area (Å²) in [5.41, 5.74) is 4.20. The summed E-state index contributed by atoms with van der Waals surface area (Å²) in [6.07, 6.45) is 0. The Balaban J connectivity index is 0.00000684. The summed E-state index contributed by atoms with van der Waals surface area (Å²) < 4.78 is 18.5. The Hall–Kier alpha value is -1.46. The quantitative estimate of drug-likeness (QED) is 0.215. The number of benzene rings is 2. The molecule has 1 radical (unpaired) electrons. The number of carbonyl (C=O) groups excluding carboxylic acids is 1. The minimum atomic E-state index is -0.114. The van der Waals surface area contributed by atoms with Crippen molar-refractivity contribution in [3.05, 3.63) is 46.5 Å². The molecule has 4 nitrogen and oxygen atoms in total. The molecule has 0 saturated carbocycles. The number of ether oxygens (including phenoxy) is 3. The number of aryl methyl sites for hydroxylation is 2. The molecule has 0 aromatic heterocycles. The Morgan fingerprint density at radius 1 is 0.757 bits per heavy atom. The maximum absolute atomic E-state index is 13.8. The molecule has 2 rings (SSSR count). The molecule has 0 saturated heterocycles. The normalized spacial score (nSPS) is 11.9. The topological polar surface area (TPSA) is 44.8 Å². The second kappa shape index (κ2) is 14.6. The summed E-state index contributed by atoms with van der Waals surface area (Å²) in [5.74, 6) is 3.17. The SMILES string of the molecule is Cc1cc(C(C)(C)C)cc(C)c1C(=O)Pc1c(OCC(C)C)cc(OCC(C)C)cc1OCC(C)C.[Li]. The van der Waals surface area contributed by atoms with E-state index >= 15 is 0 Å². The van der Waals surface area contributed by atoms with Gasteiger partial charge in [-0.3, -0.25) is 4.79 Å². The second-order valence-electron chi connectivity index (χ2n) is 12.1.